The van der Waals surface area contributed by atoms with Gasteiger partial charge >= 0.3 is 0 Å². The first kappa shape index (κ1) is 12.7. The molecule has 1 heterocycles. The SMILES string of the molecule is C[NH+]1CCN(C(=S)SCCC(=O)[O-])CC1. The summed E-state index contributed by atoms with van der Waals surface area (Å²) >= 11 is 6.67. The average molecular weight is 248 g/mol. The van der Waals surface area contributed by atoms with Crippen LogP contribution in [0.15, 0.2) is 0 Å². The van der Waals surface area contributed by atoms with Crippen LogP contribution >= 0.6 is 24.0 Å². The molecule has 1 rings (SSSR count). The van der Waals surface area contributed by atoms with Crippen LogP contribution in [0.25, 0.3) is 0 Å². The van der Waals surface area contributed by atoms with Gasteiger partial charge in [0, 0.05) is 11.7 Å². The van der Waals surface area contributed by atoms with E-state index in [-0.39, 0.29) is 6.42 Å². The fraction of sp³-hybridized carbons (Fsp3) is 0.778. The summed E-state index contributed by atoms with van der Waals surface area (Å²) in [5.74, 6) is -0.492. The topological polar surface area (TPSA) is 47.8 Å². The van der Waals surface area contributed by atoms with Crippen LogP contribution in [0.2, 0.25) is 0 Å². The molecule has 1 aliphatic heterocycles. The Morgan fingerprint density at radius 3 is 2.67 bits per heavy atom. The molecule has 15 heavy (non-hydrogen) atoms. The molecule has 0 bridgehead atoms. The average Bonchev–Trinajstić information content (AvgIpc) is 2.18. The van der Waals surface area contributed by atoms with Crippen molar-refractivity contribution in [3.8, 4) is 0 Å². The molecule has 86 valence electrons. The van der Waals surface area contributed by atoms with Crippen LogP contribution in [0.1, 0.15) is 6.42 Å². The zero-order valence-corrected chi connectivity index (χ0v) is 10.5. The van der Waals surface area contributed by atoms with Gasteiger partial charge in [-0.25, -0.2) is 0 Å². The van der Waals surface area contributed by atoms with E-state index in [0.717, 1.165) is 30.5 Å². The Morgan fingerprint density at radius 2 is 2.13 bits per heavy atom. The molecule has 4 nitrogen and oxygen atoms in total. The molecule has 1 N–H and O–H groups in total. The van der Waals surface area contributed by atoms with Crippen molar-refractivity contribution in [2.24, 2.45) is 0 Å². The summed E-state index contributed by atoms with van der Waals surface area (Å²) in [7, 11) is 2.17. The molecule has 1 saturated heterocycles. The Labute approximate surface area is 99.6 Å². The summed E-state index contributed by atoms with van der Waals surface area (Å²) in [5, 5.41) is 10.2. The third-order valence-electron chi connectivity index (χ3n) is 2.41. The summed E-state index contributed by atoms with van der Waals surface area (Å²) in [6.45, 7) is 4.15. The minimum atomic E-state index is -1.01. The molecule has 0 radical (unpaired) electrons. The molecule has 0 aliphatic carbocycles. The van der Waals surface area contributed by atoms with Crippen molar-refractivity contribution >= 4 is 34.3 Å². The normalized spacial score (nSPS) is 17.8. The second-order valence-corrected chi connectivity index (χ2v) is 5.41. The number of hydrogen-bond acceptors (Lipinski definition) is 4. The highest BCUT2D eigenvalue weighted by atomic mass is 32.2. The van der Waals surface area contributed by atoms with Gasteiger partial charge in [-0.1, -0.05) is 24.0 Å². The third-order valence-corrected chi connectivity index (χ3v) is 3.93. The summed E-state index contributed by atoms with van der Waals surface area (Å²) in [4.78, 5) is 13.9. The molecule has 0 saturated carbocycles. The number of quaternary nitrogens is 1. The van der Waals surface area contributed by atoms with E-state index < -0.39 is 5.97 Å². The predicted molar refractivity (Wildman–Crippen MR) is 62.9 cm³/mol. The first-order chi connectivity index (χ1) is 7.09. The molecule has 1 aliphatic rings. The summed E-state index contributed by atoms with van der Waals surface area (Å²) in [5.41, 5.74) is 0. The van der Waals surface area contributed by atoms with Gasteiger partial charge in [0.1, 0.15) is 4.32 Å². The van der Waals surface area contributed by atoms with Crippen LogP contribution < -0.4 is 10.0 Å². The van der Waals surface area contributed by atoms with E-state index in [1.165, 1.54) is 16.7 Å². The minimum absolute atomic E-state index is 0.0732. The smallest absolute Gasteiger partial charge is 0.136 e. The fourth-order valence-corrected chi connectivity index (χ4v) is 2.63. The van der Waals surface area contributed by atoms with E-state index in [1.54, 1.807) is 0 Å². The Kier molecular flexibility index (Phi) is 5.35. The van der Waals surface area contributed by atoms with E-state index in [4.69, 9.17) is 12.2 Å². The number of carboxylic acids is 1. The highest BCUT2D eigenvalue weighted by Crippen LogP contribution is 2.10. The minimum Gasteiger partial charge on any atom is -0.550 e. The van der Waals surface area contributed by atoms with Crippen LogP contribution in [0.3, 0.4) is 0 Å². The summed E-state index contributed by atoms with van der Waals surface area (Å²) in [6, 6.07) is 0. The molecule has 0 atom stereocenters. The van der Waals surface area contributed by atoms with Crippen molar-refractivity contribution in [1.82, 2.24) is 4.90 Å². The van der Waals surface area contributed by atoms with Gasteiger partial charge in [-0.3, -0.25) is 0 Å². The molecule has 0 spiro atoms. The van der Waals surface area contributed by atoms with Crippen molar-refractivity contribution in [2.45, 2.75) is 6.42 Å². The maximum absolute atomic E-state index is 10.2. The van der Waals surface area contributed by atoms with E-state index >= 15 is 0 Å². The zero-order chi connectivity index (χ0) is 11.3. The first-order valence-corrected chi connectivity index (χ1v) is 6.42. The summed E-state index contributed by atoms with van der Waals surface area (Å²) in [6.07, 6.45) is 0.0732. The number of nitrogens with zero attached hydrogens (tertiary/aromatic N) is 1. The Balaban J connectivity index is 2.19. The van der Waals surface area contributed by atoms with Gasteiger partial charge in [-0.05, 0) is 6.42 Å². The Bertz CT molecular complexity index is 240. The van der Waals surface area contributed by atoms with Gasteiger partial charge in [-0.2, -0.15) is 0 Å². The predicted octanol–water partition coefficient (Wildman–Crippen LogP) is -2.03. The van der Waals surface area contributed by atoms with Crippen LogP contribution in [-0.2, 0) is 4.79 Å². The highest BCUT2D eigenvalue weighted by Gasteiger charge is 2.18. The van der Waals surface area contributed by atoms with Gasteiger partial charge in [0.05, 0.1) is 33.2 Å². The van der Waals surface area contributed by atoms with Gasteiger partial charge in [-0.15, -0.1) is 0 Å². The molecular weight excluding hydrogens is 232 g/mol. The number of likely N-dealkylation sites (N-methyl/N-ethyl adjacent to an activating group) is 1. The van der Waals surface area contributed by atoms with Crippen molar-refractivity contribution in [1.29, 1.82) is 0 Å². The maximum atomic E-state index is 10.2. The Hall–Kier alpha value is -0.330. The quantitative estimate of drug-likeness (QED) is 0.584. The number of piperazine rings is 1. The number of carboxylic acid groups (broad SMARTS) is 1. The van der Waals surface area contributed by atoms with Gasteiger partial charge < -0.3 is 19.7 Å². The lowest BCUT2D eigenvalue weighted by Gasteiger charge is -2.31. The number of aliphatic carboxylic acids is 1. The van der Waals surface area contributed by atoms with E-state index in [2.05, 4.69) is 11.9 Å². The number of hydrogen-bond donors (Lipinski definition) is 1. The van der Waals surface area contributed by atoms with E-state index in [9.17, 15) is 9.90 Å². The van der Waals surface area contributed by atoms with Crippen molar-refractivity contribution < 1.29 is 14.8 Å². The monoisotopic (exact) mass is 248 g/mol. The van der Waals surface area contributed by atoms with E-state index in [1.807, 2.05) is 0 Å². The lowest BCUT2D eigenvalue weighted by molar-refractivity contribution is -0.883. The van der Waals surface area contributed by atoms with E-state index in [0.29, 0.717) is 5.75 Å². The van der Waals surface area contributed by atoms with Gasteiger partial charge in [0.15, 0.2) is 0 Å². The number of thioether (sulfide) groups is 1. The molecule has 0 unspecified atom stereocenters. The number of carbonyl (C=O) groups is 1. The molecule has 6 heteroatoms. The molecular formula is C9H16N2O2S2. The number of thiocarbonyl (C=S) groups is 1. The highest BCUT2D eigenvalue weighted by molar-refractivity contribution is 8.22. The molecule has 1 fully saturated rings. The van der Waals surface area contributed by atoms with Crippen LogP contribution in [0, 0.1) is 0 Å². The lowest BCUT2D eigenvalue weighted by atomic mass is 10.4. The van der Waals surface area contributed by atoms with Crippen molar-refractivity contribution in [2.75, 3.05) is 39.0 Å². The largest absolute Gasteiger partial charge is 0.550 e. The fourth-order valence-electron chi connectivity index (χ4n) is 1.38. The number of carbonyl (C=O) groups excluding carboxylic acids is 1. The second kappa shape index (κ2) is 6.30. The standard InChI is InChI=1S/C9H16N2O2S2/c1-10-3-5-11(6-4-10)9(14)15-7-2-8(12)13/h2-7H2,1H3,(H,12,13). The molecule has 0 aromatic rings. The van der Waals surface area contributed by atoms with Gasteiger partial charge in [0.25, 0.3) is 0 Å². The van der Waals surface area contributed by atoms with Crippen molar-refractivity contribution in [3.05, 3.63) is 0 Å². The van der Waals surface area contributed by atoms with Crippen LogP contribution in [0.5, 0.6) is 0 Å². The van der Waals surface area contributed by atoms with Gasteiger partial charge in [0.2, 0.25) is 0 Å². The lowest BCUT2D eigenvalue weighted by Crippen LogP contribution is -3.12. The van der Waals surface area contributed by atoms with Crippen molar-refractivity contribution in [3.63, 3.8) is 0 Å². The Morgan fingerprint density at radius 1 is 1.53 bits per heavy atom. The third kappa shape index (κ3) is 4.81. The first-order valence-electron chi connectivity index (χ1n) is 5.02. The zero-order valence-electron chi connectivity index (χ0n) is 8.82. The molecule has 0 aromatic heterocycles. The summed E-state index contributed by atoms with van der Waals surface area (Å²) < 4.78 is 0.823. The molecule has 0 aromatic carbocycles. The number of nitrogens with one attached hydrogen (secondary N) is 1. The van der Waals surface area contributed by atoms with Crippen LogP contribution in [0.4, 0.5) is 0 Å². The second-order valence-electron chi connectivity index (χ2n) is 3.68. The maximum Gasteiger partial charge on any atom is 0.136 e. The van der Waals surface area contributed by atoms with Crippen LogP contribution in [-0.4, -0.2) is 54.2 Å². The number of rotatable bonds is 3. The molecule has 0 amide bonds.